The van der Waals surface area contributed by atoms with Crippen molar-refractivity contribution < 1.29 is 8.42 Å². The second kappa shape index (κ2) is 2.03. The molecule has 1 heterocycles. The molecule has 6 heteroatoms. The van der Waals surface area contributed by atoms with Crippen molar-refractivity contribution in [2.24, 2.45) is 0 Å². The lowest BCUT2D eigenvalue weighted by atomic mass is 11.0. The molecule has 1 rings (SSSR count). The molecule has 0 atom stereocenters. The average Bonchev–Trinajstić information content (AvgIpc) is 1.79. The molecule has 3 nitrogen and oxygen atoms in total. The first-order chi connectivity index (χ1) is 4.02. The van der Waals surface area contributed by atoms with Crippen LogP contribution >= 0.6 is 28.1 Å². The lowest BCUT2D eigenvalue weighted by molar-refractivity contribution is 0.615. The molecule has 0 saturated carbocycles. The number of hydrogen-bond acceptors (Lipinski definition) is 3. The van der Waals surface area contributed by atoms with E-state index in [-0.39, 0.29) is 4.32 Å². The Bertz CT molecular complexity index is 278. The number of halogens is 1. The molecule has 50 valence electrons. The van der Waals surface area contributed by atoms with Gasteiger partial charge in [-0.3, -0.25) is 0 Å². The van der Waals surface area contributed by atoms with Crippen molar-refractivity contribution in [3.8, 4) is 0 Å². The molecule has 0 aromatic rings. The van der Waals surface area contributed by atoms with Crippen LogP contribution in [0.3, 0.4) is 0 Å². The number of rotatable bonds is 0. The van der Waals surface area contributed by atoms with Gasteiger partial charge in [-0.15, -0.1) is 0 Å². The van der Waals surface area contributed by atoms with E-state index < -0.39 is 9.84 Å². The monoisotopic (exact) mass is 227 g/mol. The summed E-state index contributed by atoms with van der Waals surface area (Å²) in [5.74, 6) is 0. The van der Waals surface area contributed by atoms with Gasteiger partial charge in [-0.25, -0.2) is 8.42 Å². The van der Waals surface area contributed by atoms with E-state index in [0.29, 0.717) is 4.61 Å². The molecule has 0 fully saturated rings. The largest absolute Gasteiger partial charge is 0.330 e. The van der Waals surface area contributed by atoms with Gasteiger partial charge in [-0.2, -0.15) is 0 Å². The highest BCUT2D eigenvalue weighted by Gasteiger charge is 2.22. The normalized spacial score (nSPS) is 23.2. The summed E-state index contributed by atoms with van der Waals surface area (Å²) >= 11 is 7.39. The summed E-state index contributed by atoms with van der Waals surface area (Å²) < 4.78 is 21.6. The molecule has 1 aliphatic rings. The summed E-state index contributed by atoms with van der Waals surface area (Å²) in [6.45, 7) is 0. The minimum absolute atomic E-state index is 0.144. The summed E-state index contributed by atoms with van der Waals surface area (Å²) in [6.07, 6.45) is 0. The molecule has 0 saturated heterocycles. The summed E-state index contributed by atoms with van der Waals surface area (Å²) in [4.78, 5) is 0. The number of hydrogen-bond donors (Lipinski definition) is 1. The van der Waals surface area contributed by atoms with Crippen LogP contribution in [0.4, 0.5) is 0 Å². The fraction of sp³-hybridized carbons (Fsp3) is 0. The molecule has 1 N–H and O–H groups in total. The van der Waals surface area contributed by atoms with Gasteiger partial charge in [-0.05, 0) is 28.1 Å². The average molecular weight is 228 g/mol. The minimum Gasteiger partial charge on any atom is -0.330 e. The Morgan fingerprint density at radius 2 is 2.22 bits per heavy atom. The third-order valence-corrected chi connectivity index (χ3v) is 3.43. The van der Waals surface area contributed by atoms with Crippen molar-refractivity contribution in [2.75, 3.05) is 0 Å². The summed E-state index contributed by atoms with van der Waals surface area (Å²) in [6, 6.07) is 0. The van der Waals surface area contributed by atoms with Gasteiger partial charge in [0.05, 0.1) is 10.0 Å². The quantitative estimate of drug-likeness (QED) is 0.484. The van der Waals surface area contributed by atoms with E-state index in [1.165, 1.54) is 0 Å². The predicted molar refractivity (Wildman–Crippen MR) is 41.7 cm³/mol. The van der Waals surface area contributed by atoms with Crippen molar-refractivity contribution in [1.82, 2.24) is 5.32 Å². The molecule has 9 heavy (non-hydrogen) atoms. The first kappa shape index (κ1) is 7.17. The molecule has 1 aliphatic heterocycles. The molecular weight excluding hydrogens is 226 g/mol. The zero-order valence-corrected chi connectivity index (χ0v) is 7.31. The lowest BCUT2D eigenvalue weighted by Gasteiger charge is -1.89. The second-order valence-electron chi connectivity index (χ2n) is 1.42. The van der Waals surface area contributed by atoms with Crippen molar-refractivity contribution in [3.63, 3.8) is 0 Å². The zero-order valence-electron chi connectivity index (χ0n) is 4.09. The van der Waals surface area contributed by atoms with E-state index in [4.69, 9.17) is 0 Å². The minimum atomic E-state index is -3.26. The summed E-state index contributed by atoms with van der Waals surface area (Å²) in [5, 5.41) is 3.47. The van der Waals surface area contributed by atoms with Gasteiger partial charge in [-0.1, -0.05) is 0 Å². The Balaban J connectivity index is 3.19. The van der Waals surface area contributed by atoms with E-state index in [0.717, 1.165) is 5.41 Å². The molecular formula is C3H2BrNO2S2. The third-order valence-electron chi connectivity index (χ3n) is 0.739. The first-order valence-electron chi connectivity index (χ1n) is 1.95. The number of nitrogens with one attached hydrogen (secondary N) is 1. The Hall–Kier alpha value is 0.0600. The molecule has 0 amide bonds. The first-order valence-corrected chi connectivity index (χ1v) is 4.70. The fourth-order valence-corrected chi connectivity index (χ4v) is 2.53. The summed E-state index contributed by atoms with van der Waals surface area (Å²) in [5.41, 5.74) is 0. The van der Waals surface area contributed by atoms with Crippen LogP contribution in [-0.2, 0) is 9.84 Å². The van der Waals surface area contributed by atoms with Gasteiger partial charge in [0.15, 0.2) is 0 Å². The maximum atomic E-state index is 10.7. The van der Waals surface area contributed by atoms with Crippen LogP contribution in [0.2, 0.25) is 0 Å². The predicted octanol–water partition coefficient (Wildman–Crippen LogP) is 0.483. The zero-order chi connectivity index (χ0) is 7.07. The van der Waals surface area contributed by atoms with Crippen LogP contribution in [0.1, 0.15) is 0 Å². The third kappa shape index (κ3) is 1.31. The standard InChI is InChI=1S/C3H2BrNO2S2/c4-2-1-9(6,7)3(8)5-2/h1H,(H,5,8). The summed E-state index contributed by atoms with van der Waals surface area (Å²) in [7, 11) is -3.26. The van der Waals surface area contributed by atoms with Crippen LogP contribution in [-0.4, -0.2) is 12.7 Å². The Morgan fingerprint density at radius 1 is 1.67 bits per heavy atom. The van der Waals surface area contributed by atoms with Crippen LogP contribution in [0.15, 0.2) is 10.0 Å². The van der Waals surface area contributed by atoms with Crippen molar-refractivity contribution in [2.45, 2.75) is 0 Å². The maximum Gasteiger partial charge on any atom is 0.228 e. The van der Waals surface area contributed by atoms with E-state index in [9.17, 15) is 8.42 Å². The van der Waals surface area contributed by atoms with Gasteiger partial charge >= 0.3 is 0 Å². The van der Waals surface area contributed by atoms with Gasteiger partial charge in [0, 0.05) is 0 Å². The van der Waals surface area contributed by atoms with E-state index in [2.05, 4.69) is 33.5 Å². The van der Waals surface area contributed by atoms with Crippen LogP contribution in [0, 0.1) is 0 Å². The molecule has 0 radical (unpaired) electrons. The molecule has 0 bridgehead atoms. The highest BCUT2D eigenvalue weighted by atomic mass is 79.9. The highest BCUT2D eigenvalue weighted by molar-refractivity contribution is 9.11. The number of thiocarbonyl (C=S) groups is 1. The smallest absolute Gasteiger partial charge is 0.228 e. The molecule has 0 aliphatic carbocycles. The molecule has 0 spiro atoms. The van der Waals surface area contributed by atoms with Crippen LogP contribution in [0.25, 0.3) is 0 Å². The molecule has 0 unspecified atom stereocenters. The van der Waals surface area contributed by atoms with Crippen LogP contribution < -0.4 is 5.32 Å². The fourth-order valence-electron chi connectivity index (χ4n) is 0.388. The van der Waals surface area contributed by atoms with Gasteiger partial charge in [0.1, 0.15) is 0 Å². The van der Waals surface area contributed by atoms with E-state index in [1.807, 2.05) is 0 Å². The van der Waals surface area contributed by atoms with E-state index in [1.54, 1.807) is 0 Å². The van der Waals surface area contributed by atoms with Gasteiger partial charge in [0.2, 0.25) is 14.2 Å². The Labute approximate surface area is 66.2 Å². The lowest BCUT2D eigenvalue weighted by Crippen LogP contribution is -2.17. The van der Waals surface area contributed by atoms with Crippen molar-refractivity contribution in [3.05, 3.63) is 10.0 Å². The molecule has 0 aromatic heterocycles. The maximum absolute atomic E-state index is 10.7. The van der Waals surface area contributed by atoms with Crippen LogP contribution in [0.5, 0.6) is 0 Å². The van der Waals surface area contributed by atoms with Gasteiger partial charge < -0.3 is 5.32 Å². The second-order valence-corrected chi connectivity index (χ2v) is 4.68. The van der Waals surface area contributed by atoms with Gasteiger partial charge in [0.25, 0.3) is 0 Å². The highest BCUT2D eigenvalue weighted by Crippen LogP contribution is 2.13. The van der Waals surface area contributed by atoms with E-state index >= 15 is 0 Å². The van der Waals surface area contributed by atoms with Crippen molar-refractivity contribution >= 4 is 42.3 Å². The Morgan fingerprint density at radius 3 is 2.33 bits per heavy atom. The molecule has 0 aromatic carbocycles. The van der Waals surface area contributed by atoms with Crippen molar-refractivity contribution in [1.29, 1.82) is 0 Å². The number of sulfone groups is 1. The Kier molecular flexibility index (Phi) is 1.62. The SMILES string of the molecule is O=S1(=O)C=C(Br)NC1=S. The topological polar surface area (TPSA) is 46.2 Å².